The third-order valence-corrected chi connectivity index (χ3v) is 4.55. The fourth-order valence-electron chi connectivity index (χ4n) is 3.11. The number of rotatable bonds is 2. The molecule has 0 bridgehead atoms. The van der Waals surface area contributed by atoms with Gasteiger partial charge in [-0.05, 0) is 30.7 Å². The molecule has 0 spiro atoms. The van der Waals surface area contributed by atoms with Crippen LogP contribution in [0.1, 0.15) is 15.9 Å². The first-order valence-corrected chi connectivity index (χ1v) is 8.28. The van der Waals surface area contributed by atoms with E-state index in [1.54, 1.807) is 6.07 Å². The molecule has 25 heavy (non-hydrogen) atoms. The number of oxazole rings is 1. The zero-order valence-corrected chi connectivity index (χ0v) is 13.9. The number of hydrogen-bond acceptors (Lipinski definition) is 4. The summed E-state index contributed by atoms with van der Waals surface area (Å²) < 4.78 is 18.9. The third-order valence-electron chi connectivity index (χ3n) is 4.55. The molecule has 2 aromatic carbocycles. The minimum atomic E-state index is -0.344. The van der Waals surface area contributed by atoms with E-state index in [9.17, 15) is 9.18 Å². The van der Waals surface area contributed by atoms with Crippen molar-refractivity contribution in [3.05, 3.63) is 59.4 Å². The second-order valence-corrected chi connectivity index (χ2v) is 6.20. The molecule has 0 atom stereocenters. The first-order valence-electron chi connectivity index (χ1n) is 8.28. The zero-order chi connectivity index (χ0) is 17.4. The van der Waals surface area contributed by atoms with Gasteiger partial charge in [0.15, 0.2) is 5.58 Å². The number of fused-ring (bicyclic) bond motifs is 1. The minimum absolute atomic E-state index is 0.0531. The SMILES string of the molecule is Cc1ccccc1C(=O)N1CCN(c2nc3ccc(F)cc3o2)CC1. The number of halogens is 1. The summed E-state index contributed by atoms with van der Waals surface area (Å²) in [4.78, 5) is 20.9. The van der Waals surface area contributed by atoms with E-state index < -0.39 is 0 Å². The summed E-state index contributed by atoms with van der Waals surface area (Å²) >= 11 is 0. The van der Waals surface area contributed by atoms with Gasteiger partial charge in [-0.3, -0.25) is 4.79 Å². The molecular weight excluding hydrogens is 321 g/mol. The van der Waals surface area contributed by atoms with Gasteiger partial charge in [-0.1, -0.05) is 18.2 Å². The van der Waals surface area contributed by atoms with Crippen molar-refractivity contribution in [2.24, 2.45) is 0 Å². The lowest BCUT2D eigenvalue weighted by Gasteiger charge is -2.34. The number of benzene rings is 2. The van der Waals surface area contributed by atoms with Crippen LogP contribution in [-0.2, 0) is 0 Å². The van der Waals surface area contributed by atoms with E-state index in [4.69, 9.17) is 4.42 Å². The highest BCUT2D eigenvalue weighted by Gasteiger charge is 2.25. The number of anilines is 1. The van der Waals surface area contributed by atoms with Crippen LogP contribution in [0, 0.1) is 12.7 Å². The summed E-state index contributed by atoms with van der Waals surface area (Å²) in [5.74, 6) is -0.291. The topological polar surface area (TPSA) is 49.6 Å². The molecule has 1 saturated heterocycles. The highest BCUT2D eigenvalue weighted by molar-refractivity contribution is 5.95. The number of carbonyl (C=O) groups is 1. The Bertz CT molecular complexity index is 929. The van der Waals surface area contributed by atoms with Gasteiger partial charge in [-0.15, -0.1) is 0 Å². The molecule has 0 radical (unpaired) electrons. The van der Waals surface area contributed by atoms with E-state index >= 15 is 0 Å². The second kappa shape index (κ2) is 6.20. The lowest BCUT2D eigenvalue weighted by atomic mass is 10.1. The third kappa shape index (κ3) is 2.95. The van der Waals surface area contributed by atoms with Crippen LogP contribution in [0.5, 0.6) is 0 Å². The summed E-state index contributed by atoms with van der Waals surface area (Å²) in [7, 11) is 0. The van der Waals surface area contributed by atoms with E-state index in [-0.39, 0.29) is 11.7 Å². The molecule has 0 unspecified atom stereocenters. The number of amides is 1. The van der Waals surface area contributed by atoms with Crippen molar-refractivity contribution in [3.8, 4) is 0 Å². The van der Waals surface area contributed by atoms with Crippen molar-refractivity contribution in [2.75, 3.05) is 31.1 Å². The molecule has 0 saturated carbocycles. The van der Waals surface area contributed by atoms with Crippen molar-refractivity contribution in [1.29, 1.82) is 0 Å². The minimum Gasteiger partial charge on any atom is -0.423 e. The summed E-state index contributed by atoms with van der Waals surface area (Å²) in [6, 6.07) is 12.4. The van der Waals surface area contributed by atoms with Gasteiger partial charge in [0.2, 0.25) is 0 Å². The number of carbonyl (C=O) groups excluding carboxylic acids is 1. The Balaban J connectivity index is 1.47. The van der Waals surface area contributed by atoms with E-state index in [1.165, 1.54) is 12.1 Å². The Morgan fingerprint density at radius 1 is 1.12 bits per heavy atom. The monoisotopic (exact) mass is 339 g/mol. The zero-order valence-electron chi connectivity index (χ0n) is 13.9. The predicted octanol–water partition coefficient (Wildman–Crippen LogP) is 3.24. The van der Waals surface area contributed by atoms with Crippen molar-refractivity contribution in [2.45, 2.75) is 6.92 Å². The van der Waals surface area contributed by atoms with Gasteiger partial charge < -0.3 is 14.2 Å². The molecule has 6 heteroatoms. The van der Waals surface area contributed by atoms with Gasteiger partial charge in [0.25, 0.3) is 11.9 Å². The van der Waals surface area contributed by atoms with Crippen LogP contribution in [0.15, 0.2) is 46.9 Å². The molecule has 4 rings (SSSR count). The van der Waals surface area contributed by atoms with Gasteiger partial charge in [-0.25, -0.2) is 4.39 Å². The second-order valence-electron chi connectivity index (χ2n) is 6.20. The molecule has 5 nitrogen and oxygen atoms in total. The first kappa shape index (κ1) is 15.6. The average molecular weight is 339 g/mol. The molecule has 1 aromatic heterocycles. The predicted molar refractivity (Wildman–Crippen MR) is 93.3 cm³/mol. The lowest BCUT2D eigenvalue weighted by Crippen LogP contribution is -2.49. The number of aromatic nitrogens is 1. The molecule has 0 N–H and O–H groups in total. The van der Waals surface area contributed by atoms with Crippen molar-refractivity contribution < 1.29 is 13.6 Å². The fraction of sp³-hybridized carbons (Fsp3) is 0.263. The number of piperazine rings is 1. The summed E-state index contributed by atoms with van der Waals surface area (Å²) in [6.07, 6.45) is 0. The normalized spacial score (nSPS) is 15.0. The van der Waals surface area contributed by atoms with E-state index in [0.717, 1.165) is 11.1 Å². The Morgan fingerprint density at radius 2 is 1.88 bits per heavy atom. The van der Waals surface area contributed by atoms with E-state index in [0.29, 0.717) is 43.3 Å². The molecule has 128 valence electrons. The Hall–Kier alpha value is -2.89. The van der Waals surface area contributed by atoms with Gasteiger partial charge in [0, 0.05) is 37.8 Å². The molecule has 0 aliphatic carbocycles. The fourth-order valence-corrected chi connectivity index (χ4v) is 3.11. The summed E-state index contributed by atoms with van der Waals surface area (Å²) in [5.41, 5.74) is 2.80. The molecule has 1 aliphatic rings. The molecule has 2 heterocycles. The summed E-state index contributed by atoms with van der Waals surface area (Å²) in [6.45, 7) is 4.40. The maximum atomic E-state index is 13.3. The Labute approximate surface area is 144 Å². The molecule has 1 amide bonds. The van der Waals surface area contributed by atoms with Crippen molar-refractivity contribution in [3.63, 3.8) is 0 Å². The van der Waals surface area contributed by atoms with Crippen molar-refractivity contribution >= 4 is 23.0 Å². The standard InChI is InChI=1S/C19H18FN3O2/c1-13-4-2-3-5-15(13)18(24)22-8-10-23(11-9-22)19-21-16-7-6-14(20)12-17(16)25-19/h2-7,12H,8-11H2,1H3. The van der Waals surface area contributed by atoms with Crippen LogP contribution in [-0.4, -0.2) is 42.0 Å². The van der Waals surface area contributed by atoms with Crippen LogP contribution >= 0.6 is 0 Å². The van der Waals surface area contributed by atoms with E-state index in [1.807, 2.05) is 41.0 Å². The van der Waals surface area contributed by atoms with Gasteiger partial charge in [0.1, 0.15) is 11.3 Å². The maximum Gasteiger partial charge on any atom is 0.298 e. The van der Waals surface area contributed by atoms with Crippen LogP contribution in [0.25, 0.3) is 11.1 Å². The highest BCUT2D eigenvalue weighted by Crippen LogP contribution is 2.24. The highest BCUT2D eigenvalue weighted by atomic mass is 19.1. The first-order chi connectivity index (χ1) is 12.1. The van der Waals surface area contributed by atoms with Crippen LogP contribution in [0.3, 0.4) is 0 Å². The Kier molecular flexibility index (Phi) is 3.87. The summed E-state index contributed by atoms with van der Waals surface area (Å²) in [5, 5.41) is 0. The van der Waals surface area contributed by atoms with Crippen LogP contribution < -0.4 is 4.90 Å². The molecule has 1 fully saturated rings. The van der Waals surface area contributed by atoms with Crippen molar-refractivity contribution in [1.82, 2.24) is 9.88 Å². The molecule has 3 aromatic rings. The number of aryl methyl sites for hydroxylation is 1. The van der Waals surface area contributed by atoms with Gasteiger partial charge >= 0.3 is 0 Å². The maximum absolute atomic E-state index is 13.3. The molecule has 1 aliphatic heterocycles. The number of hydrogen-bond donors (Lipinski definition) is 0. The van der Waals surface area contributed by atoms with Gasteiger partial charge in [-0.2, -0.15) is 4.98 Å². The van der Waals surface area contributed by atoms with Gasteiger partial charge in [0.05, 0.1) is 0 Å². The molecular formula is C19H18FN3O2. The Morgan fingerprint density at radius 3 is 2.64 bits per heavy atom. The quantitative estimate of drug-likeness (QED) is 0.719. The van der Waals surface area contributed by atoms with E-state index in [2.05, 4.69) is 4.98 Å². The average Bonchev–Trinajstić information content (AvgIpc) is 3.05. The van der Waals surface area contributed by atoms with Crippen LogP contribution in [0.2, 0.25) is 0 Å². The largest absolute Gasteiger partial charge is 0.423 e. The lowest BCUT2D eigenvalue weighted by molar-refractivity contribution is 0.0744. The van der Waals surface area contributed by atoms with Crippen LogP contribution in [0.4, 0.5) is 10.4 Å². The number of nitrogens with zero attached hydrogens (tertiary/aromatic N) is 3. The smallest absolute Gasteiger partial charge is 0.298 e.